The highest BCUT2D eigenvalue weighted by Crippen LogP contribution is 2.42. The van der Waals surface area contributed by atoms with Crippen molar-refractivity contribution < 1.29 is 0 Å². The van der Waals surface area contributed by atoms with E-state index in [0.717, 1.165) is 9.90 Å². The molecule has 0 aromatic carbocycles. The van der Waals surface area contributed by atoms with Crippen LogP contribution in [0, 0.1) is 11.3 Å². The molecule has 0 atom stereocenters. The van der Waals surface area contributed by atoms with Crippen LogP contribution in [0.3, 0.4) is 0 Å². The molecule has 3 N–H and O–H groups in total. The summed E-state index contributed by atoms with van der Waals surface area (Å²) in [6.45, 7) is 0. The standard InChI is InChI=1S/C12H17N3S2/c1-16-11-10(14)9(7-13)17-12(11)15-8-5-3-2-4-6-8/h8,15H,2-6,14H2,1H3. The van der Waals surface area contributed by atoms with Gasteiger partial charge in [-0.2, -0.15) is 5.26 Å². The smallest absolute Gasteiger partial charge is 0.131 e. The van der Waals surface area contributed by atoms with Crippen molar-refractivity contribution in [2.75, 3.05) is 17.3 Å². The number of nitrogens with one attached hydrogen (secondary N) is 1. The maximum absolute atomic E-state index is 9.00. The van der Waals surface area contributed by atoms with E-state index in [2.05, 4.69) is 11.4 Å². The number of nitrogen functional groups attached to an aromatic ring is 1. The van der Waals surface area contributed by atoms with E-state index in [0.29, 0.717) is 16.6 Å². The monoisotopic (exact) mass is 267 g/mol. The lowest BCUT2D eigenvalue weighted by atomic mass is 9.96. The minimum atomic E-state index is 0.555. The van der Waals surface area contributed by atoms with Crippen LogP contribution >= 0.6 is 23.1 Å². The molecule has 0 unspecified atom stereocenters. The highest BCUT2D eigenvalue weighted by atomic mass is 32.2. The van der Waals surface area contributed by atoms with E-state index in [1.165, 1.54) is 43.4 Å². The third-order valence-corrected chi connectivity index (χ3v) is 5.15. The van der Waals surface area contributed by atoms with Crippen molar-refractivity contribution in [3.05, 3.63) is 4.88 Å². The summed E-state index contributed by atoms with van der Waals surface area (Å²) in [5, 5.41) is 13.6. The van der Waals surface area contributed by atoms with Crippen LogP contribution in [-0.2, 0) is 0 Å². The Labute approximate surface area is 110 Å². The minimum absolute atomic E-state index is 0.555. The summed E-state index contributed by atoms with van der Waals surface area (Å²) < 4.78 is 0. The van der Waals surface area contributed by atoms with Crippen molar-refractivity contribution in [3.63, 3.8) is 0 Å². The number of thioether (sulfide) groups is 1. The van der Waals surface area contributed by atoms with Gasteiger partial charge in [-0.15, -0.1) is 23.1 Å². The van der Waals surface area contributed by atoms with E-state index in [1.807, 2.05) is 6.26 Å². The van der Waals surface area contributed by atoms with Gasteiger partial charge in [0, 0.05) is 6.04 Å². The maximum atomic E-state index is 9.00. The molecule has 1 aliphatic carbocycles. The molecule has 2 rings (SSSR count). The van der Waals surface area contributed by atoms with Crippen molar-refractivity contribution >= 4 is 33.8 Å². The van der Waals surface area contributed by atoms with E-state index in [1.54, 1.807) is 11.8 Å². The molecule has 0 radical (unpaired) electrons. The summed E-state index contributed by atoms with van der Waals surface area (Å²) in [4.78, 5) is 1.67. The van der Waals surface area contributed by atoms with E-state index < -0.39 is 0 Å². The predicted octanol–water partition coefficient (Wildman–Crippen LogP) is 3.67. The molecule has 17 heavy (non-hydrogen) atoms. The highest BCUT2D eigenvalue weighted by molar-refractivity contribution is 7.99. The summed E-state index contributed by atoms with van der Waals surface area (Å²) >= 11 is 3.10. The molecule has 5 heteroatoms. The van der Waals surface area contributed by atoms with Crippen molar-refractivity contribution in [2.24, 2.45) is 0 Å². The molecular formula is C12H17N3S2. The summed E-state index contributed by atoms with van der Waals surface area (Å²) in [5.74, 6) is 0. The molecule has 0 amide bonds. The number of nitriles is 1. The first-order chi connectivity index (χ1) is 8.26. The van der Waals surface area contributed by atoms with Crippen molar-refractivity contribution in [1.29, 1.82) is 5.26 Å². The van der Waals surface area contributed by atoms with Crippen LogP contribution in [0.2, 0.25) is 0 Å². The first kappa shape index (κ1) is 12.6. The number of hydrogen-bond donors (Lipinski definition) is 2. The van der Waals surface area contributed by atoms with Gasteiger partial charge in [0.25, 0.3) is 0 Å². The van der Waals surface area contributed by atoms with Crippen LogP contribution in [0.15, 0.2) is 4.90 Å². The second-order valence-corrected chi connectivity index (χ2v) is 6.14. The molecule has 0 bridgehead atoms. The van der Waals surface area contributed by atoms with Gasteiger partial charge in [0.2, 0.25) is 0 Å². The van der Waals surface area contributed by atoms with Crippen LogP contribution in [0.4, 0.5) is 10.7 Å². The SMILES string of the molecule is CSc1c(NC2CCCCC2)sc(C#N)c1N. The number of thiophene rings is 1. The average Bonchev–Trinajstić information content (AvgIpc) is 2.66. The lowest BCUT2D eigenvalue weighted by Crippen LogP contribution is -2.21. The number of hydrogen-bond acceptors (Lipinski definition) is 5. The first-order valence-corrected chi connectivity index (χ1v) is 7.93. The molecule has 0 saturated heterocycles. The van der Waals surface area contributed by atoms with Crippen LogP contribution in [0.5, 0.6) is 0 Å². The van der Waals surface area contributed by atoms with Crippen LogP contribution < -0.4 is 11.1 Å². The molecule has 1 aromatic heterocycles. The molecule has 3 nitrogen and oxygen atoms in total. The van der Waals surface area contributed by atoms with Crippen LogP contribution in [-0.4, -0.2) is 12.3 Å². The Kier molecular flexibility index (Phi) is 4.19. The Morgan fingerprint density at radius 1 is 1.41 bits per heavy atom. The van der Waals surface area contributed by atoms with Crippen LogP contribution in [0.25, 0.3) is 0 Å². The fourth-order valence-electron chi connectivity index (χ4n) is 2.24. The molecule has 1 saturated carbocycles. The molecule has 0 spiro atoms. The van der Waals surface area contributed by atoms with Crippen molar-refractivity contribution in [2.45, 2.75) is 43.0 Å². The topological polar surface area (TPSA) is 61.8 Å². The zero-order valence-corrected chi connectivity index (χ0v) is 11.6. The molecule has 92 valence electrons. The van der Waals surface area contributed by atoms with Gasteiger partial charge in [0.05, 0.1) is 10.6 Å². The van der Waals surface area contributed by atoms with Gasteiger partial charge in [-0.05, 0) is 19.1 Å². The summed E-state index contributed by atoms with van der Waals surface area (Å²) in [6.07, 6.45) is 8.42. The highest BCUT2D eigenvalue weighted by Gasteiger charge is 2.19. The maximum Gasteiger partial charge on any atom is 0.131 e. The number of nitrogens with zero attached hydrogens (tertiary/aromatic N) is 1. The van der Waals surface area contributed by atoms with Gasteiger partial charge in [-0.3, -0.25) is 0 Å². The summed E-state index contributed by atoms with van der Waals surface area (Å²) in [6, 6.07) is 2.72. The van der Waals surface area contributed by atoms with Gasteiger partial charge >= 0.3 is 0 Å². The second-order valence-electron chi connectivity index (χ2n) is 4.30. The van der Waals surface area contributed by atoms with Crippen molar-refractivity contribution in [3.8, 4) is 6.07 Å². The Bertz CT molecular complexity index is 428. The van der Waals surface area contributed by atoms with E-state index in [4.69, 9.17) is 11.0 Å². The number of anilines is 2. The lowest BCUT2D eigenvalue weighted by molar-refractivity contribution is 0.463. The predicted molar refractivity (Wildman–Crippen MR) is 75.7 cm³/mol. The van der Waals surface area contributed by atoms with Crippen molar-refractivity contribution in [1.82, 2.24) is 0 Å². The second kappa shape index (κ2) is 5.65. The van der Waals surface area contributed by atoms with Gasteiger partial charge in [0.1, 0.15) is 15.9 Å². The van der Waals surface area contributed by atoms with E-state index >= 15 is 0 Å². The third kappa shape index (κ3) is 2.70. The zero-order valence-electron chi connectivity index (χ0n) is 9.95. The Morgan fingerprint density at radius 2 is 2.12 bits per heavy atom. The zero-order chi connectivity index (χ0) is 12.3. The molecular weight excluding hydrogens is 250 g/mol. The first-order valence-electron chi connectivity index (χ1n) is 5.89. The largest absolute Gasteiger partial charge is 0.396 e. The minimum Gasteiger partial charge on any atom is -0.396 e. The quantitative estimate of drug-likeness (QED) is 0.820. The molecule has 1 heterocycles. The molecule has 1 aromatic rings. The number of nitrogens with two attached hydrogens (primary N) is 1. The number of rotatable bonds is 3. The van der Waals surface area contributed by atoms with E-state index in [-0.39, 0.29) is 0 Å². The van der Waals surface area contributed by atoms with Gasteiger partial charge in [0.15, 0.2) is 0 Å². The normalized spacial score (nSPS) is 16.7. The average molecular weight is 267 g/mol. The Hall–Kier alpha value is -0.860. The van der Waals surface area contributed by atoms with Gasteiger partial charge in [-0.25, -0.2) is 0 Å². The Balaban J connectivity index is 2.17. The molecule has 1 aliphatic rings. The van der Waals surface area contributed by atoms with Crippen LogP contribution in [0.1, 0.15) is 37.0 Å². The Morgan fingerprint density at radius 3 is 2.71 bits per heavy atom. The van der Waals surface area contributed by atoms with Gasteiger partial charge in [-0.1, -0.05) is 19.3 Å². The lowest BCUT2D eigenvalue weighted by Gasteiger charge is -2.23. The molecule has 1 fully saturated rings. The van der Waals surface area contributed by atoms with E-state index in [9.17, 15) is 0 Å². The fraction of sp³-hybridized carbons (Fsp3) is 0.583. The fourth-order valence-corrected chi connectivity index (χ4v) is 4.14. The summed E-state index contributed by atoms with van der Waals surface area (Å²) in [5.41, 5.74) is 6.60. The van der Waals surface area contributed by atoms with Gasteiger partial charge < -0.3 is 11.1 Å². The molecule has 0 aliphatic heterocycles. The third-order valence-electron chi connectivity index (χ3n) is 3.15. The summed E-state index contributed by atoms with van der Waals surface area (Å²) in [7, 11) is 0.